The summed E-state index contributed by atoms with van der Waals surface area (Å²) in [4.78, 5) is 25.1. The molecule has 0 saturated carbocycles. The summed E-state index contributed by atoms with van der Waals surface area (Å²) in [5.74, 6) is -0.515. The lowest BCUT2D eigenvalue weighted by atomic mass is 10.1. The highest BCUT2D eigenvalue weighted by molar-refractivity contribution is 6.10. The zero-order chi connectivity index (χ0) is 24.5. The van der Waals surface area contributed by atoms with Gasteiger partial charge in [0.1, 0.15) is 18.1 Å². The fourth-order valence-corrected chi connectivity index (χ4v) is 3.78. The van der Waals surface area contributed by atoms with Gasteiger partial charge >= 0.3 is 12.1 Å². The molecule has 0 saturated heterocycles. The van der Waals surface area contributed by atoms with E-state index >= 15 is 0 Å². The number of carboxylic acid groups (broad SMARTS) is 1. The lowest BCUT2D eigenvalue weighted by molar-refractivity contribution is -0.139. The first kappa shape index (κ1) is 23.2. The molecule has 0 bridgehead atoms. The standard InChI is InChI=1S/C25H20F3NO5/c1-15-9-16(11-19(10-15)33-14-23(30)31)13-34-22-4-2-3-20-21(22)12-29(24(20)32)18-7-5-17(6-8-18)25(26,27)28/h2-11H,12-14H2,1H3,(H,30,31). The average Bonchev–Trinajstić information content (AvgIpc) is 3.12. The number of carbonyl (C=O) groups is 2. The van der Waals surface area contributed by atoms with Crippen molar-refractivity contribution in [2.75, 3.05) is 11.5 Å². The molecule has 9 heteroatoms. The van der Waals surface area contributed by atoms with Crippen molar-refractivity contribution in [3.05, 3.63) is 88.5 Å². The normalized spacial score (nSPS) is 13.1. The topological polar surface area (TPSA) is 76.1 Å². The first-order valence-corrected chi connectivity index (χ1v) is 10.3. The van der Waals surface area contributed by atoms with Crippen molar-refractivity contribution < 1.29 is 37.3 Å². The van der Waals surface area contributed by atoms with Crippen molar-refractivity contribution in [2.45, 2.75) is 26.3 Å². The van der Waals surface area contributed by atoms with Gasteiger partial charge in [-0.1, -0.05) is 12.1 Å². The maximum atomic E-state index is 12.9. The minimum absolute atomic E-state index is 0.149. The Hall–Kier alpha value is -4.01. The smallest absolute Gasteiger partial charge is 0.416 e. The second-order valence-corrected chi connectivity index (χ2v) is 7.84. The van der Waals surface area contributed by atoms with Gasteiger partial charge in [-0.05, 0) is 66.6 Å². The van der Waals surface area contributed by atoms with E-state index in [-0.39, 0.29) is 19.1 Å². The number of carbonyl (C=O) groups excluding carboxylic acids is 1. The maximum absolute atomic E-state index is 12.9. The van der Waals surface area contributed by atoms with E-state index in [9.17, 15) is 22.8 Å². The van der Waals surface area contributed by atoms with Gasteiger partial charge in [0.2, 0.25) is 0 Å². The molecule has 1 aliphatic rings. The highest BCUT2D eigenvalue weighted by Crippen LogP contribution is 2.36. The van der Waals surface area contributed by atoms with E-state index in [1.807, 2.05) is 13.0 Å². The van der Waals surface area contributed by atoms with Crippen molar-refractivity contribution >= 4 is 17.6 Å². The van der Waals surface area contributed by atoms with Gasteiger partial charge in [0.05, 0.1) is 12.1 Å². The molecule has 3 aromatic rings. The van der Waals surface area contributed by atoms with E-state index in [4.69, 9.17) is 14.6 Å². The van der Waals surface area contributed by atoms with Gasteiger partial charge in [-0.25, -0.2) is 4.79 Å². The van der Waals surface area contributed by atoms with Crippen LogP contribution in [-0.2, 0) is 24.1 Å². The van der Waals surface area contributed by atoms with Crippen LogP contribution in [0.1, 0.15) is 32.6 Å². The molecule has 34 heavy (non-hydrogen) atoms. The second kappa shape index (κ2) is 9.09. The van der Waals surface area contributed by atoms with Crippen molar-refractivity contribution in [1.29, 1.82) is 0 Å². The molecule has 0 atom stereocenters. The number of fused-ring (bicyclic) bond motifs is 1. The van der Waals surface area contributed by atoms with E-state index in [0.717, 1.165) is 23.3 Å². The van der Waals surface area contributed by atoms with Crippen molar-refractivity contribution in [3.8, 4) is 11.5 Å². The van der Waals surface area contributed by atoms with Crippen molar-refractivity contribution in [2.24, 2.45) is 0 Å². The number of nitrogens with zero attached hydrogens (tertiary/aromatic N) is 1. The minimum Gasteiger partial charge on any atom is -0.489 e. The average molecular weight is 471 g/mol. The van der Waals surface area contributed by atoms with E-state index in [0.29, 0.717) is 28.3 Å². The second-order valence-electron chi connectivity index (χ2n) is 7.84. The molecule has 176 valence electrons. The SMILES string of the molecule is Cc1cc(COc2cccc3c2CN(c2ccc(C(F)(F)F)cc2)C3=O)cc(OCC(=O)O)c1. The molecule has 0 spiro atoms. The molecular formula is C25H20F3NO5. The minimum atomic E-state index is -4.45. The number of aryl methyl sites for hydroxylation is 1. The molecule has 1 N–H and O–H groups in total. The number of anilines is 1. The van der Waals surface area contributed by atoms with Gasteiger partial charge < -0.3 is 19.5 Å². The van der Waals surface area contributed by atoms with Crippen LogP contribution in [0.25, 0.3) is 0 Å². The first-order chi connectivity index (χ1) is 16.1. The Morgan fingerprint density at radius 1 is 1.06 bits per heavy atom. The predicted molar refractivity (Wildman–Crippen MR) is 117 cm³/mol. The molecule has 0 aliphatic carbocycles. The van der Waals surface area contributed by atoms with Gasteiger partial charge in [-0.15, -0.1) is 0 Å². The highest BCUT2D eigenvalue weighted by Gasteiger charge is 2.33. The Morgan fingerprint density at radius 2 is 1.79 bits per heavy atom. The van der Waals surface area contributed by atoms with Crippen LogP contribution in [0.4, 0.5) is 18.9 Å². The van der Waals surface area contributed by atoms with Gasteiger partial charge in [0, 0.05) is 16.8 Å². The number of hydrogen-bond acceptors (Lipinski definition) is 4. The number of halogens is 3. The molecule has 0 radical (unpaired) electrons. The molecule has 0 fully saturated rings. The number of carboxylic acids is 1. The first-order valence-electron chi connectivity index (χ1n) is 10.3. The predicted octanol–water partition coefficient (Wildman–Crippen LogP) is 5.22. The van der Waals surface area contributed by atoms with Crippen LogP contribution in [0.15, 0.2) is 60.7 Å². The largest absolute Gasteiger partial charge is 0.489 e. The zero-order valence-corrected chi connectivity index (χ0v) is 18.1. The van der Waals surface area contributed by atoms with Gasteiger partial charge in [0.15, 0.2) is 6.61 Å². The Bertz CT molecular complexity index is 1240. The van der Waals surface area contributed by atoms with Gasteiger partial charge in [0.25, 0.3) is 5.91 Å². The lowest BCUT2D eigenvalue weighted by Gasteiger charge is -2.17. The number of rotatable bonds is 7. The molecule has 1 amide bonds. The quantitative estimate of drug-likeness (QED) is 0.512. The summed E-state index contributed by atoms with van der Waals surface area (Å²) in [5, 5.41) is 8.80. The molecule has 1 aliphatic heterocycles. The van der Waals surface area contributed by atoms with E-state index in [1.54, 1.807) is 30.3 Å². The summed E-state index contributed by atoms with van der Waals surface area (Å²) >= 11 is 0. The number of benzene rings is 3. The number of aliphatic carboxylic acids is 1. The molecule has 0 unspecified atom stereocenters. The Morgan fingerprint density at radius 3 is 2.47 bits per heavy atom. The fourth-order valence-electron chi connectivity index (χ4n) is 3.78. The van der Waals surface area contributed by atoms with Crippen LogP contribution in [0.3, 0.4) is 0 Å². The van der Waals surface area contributed by atoms with Gasteiger partial charge in [-0.2, -0.15) is 13.2 Å². The number of amides is 1. The molecule has 6 nitrogen and oxygen atoms in total. The summed E-state index contributed by atoms with van der Waals surface area (Å²) in [5.41, 5.74) is 2.26. The third-order valence-electron chi connectivity index (χ3n) is 5.30. The van der Waals surface area contributed by atoms with Crippen molar-refractivity contribution in [3.63, 3.8) is 0 Å². The summed E-state index contributed by atoms with van der Waals surface area (Å²) in [6.45, 7) is 1.70. The van der Waals surface area contributed by atoms with E-state index < -0.39 is 24.3 Å². The van der Waals surface area contributed by atoms with E-state index in [2.05, 4.69) is 0 Å². The maximum Gasteiger partial charge on any atom is 0.416 e. The monoisotopic (exact) mass is 471 g/mol. The Labute approximate surface area is 193 Å². The van der Waals surface area contributed by atoms with Gasteiger partial charge in [-0.3, -0.25) is 4.79 Å². The summed E-state index contributed by atoms with van der Waals surface area (Å²) in [6, 6.07) is 14.8. The fraction of sp³-hybridized carbons (Fsp3) is 0.200. The third-order valence-corrected chi connectivity index (χ3v) is 5.30. The third kappa shape index (κ3) is 4.98. The number of alkyl halides is 3. The van der Waals surface area contributed by atoms with Crippen LogP contribution < -0.4 is 14.4 Å². The summed E-state index contributed by atoms with van der Waals surface area (Å²) in [6.07, 6.45) is -4.45. The molecule has 4 rings (SSSR count). The summed E-state index contributed by atoms with van der Waals surface area (Å²) in [7, 11) is 0. The lowest BCUT2D eigenvalue weighted by Crippen LogP contribution is -2.23. The molecule has 0 aromatic heterocycles. The number of ether oxygens (including phenoxy) is 2. The van der Waals surface area contributed by atoms with Crippen LogP contribution in [-0.4, -0.2) is 23.6 Å². The Balaban J connectivity index is 1.51. The zero-order valence-electron chi connectivity index (χ0n) is 18.1. The van der Waals surface area contributed by atoms with Crippen molar-refractivity contribution in [1.82, 2.24) is 0 Å². The molecule has 1 heterocycles. The highest BCUT2D eigenvalue weighted by atomic mass is 19.4. The van der Waals surface area contributed by atoms with Crippen LogP contribution in [0.2, 0.25) is 0 Å². The molecular weight excluding hydrogens is 451 g/mol. The van der Waals surface area contributed by atoms with E-state index in [1.165, 1.54) is 17.0 Å². The van der Waals surface area contributed by atoms with Crippen LogP contribution >= 0.6 is 0 Å². The molecule has 3 aromatic carbocycles. The number of hydrogen-bond donors (Lipinski definition) is 1. The van der Waals surface area contributed by atoms with Crippen LogP contribution in [0, 0.1) is 6.92 Å². The Kier molecular flexibility index (Phi) is 6.19. The van der Waals surface area contributed by atoms with Crippen LogP contribution in [0.5, 0.6) is 11.5 Å². The summed E-state index contributed by atoms with van der Waals surface area (Å²) < 4.78 is 49.8.